The first-order valence-electron chi connectivity index (χ1n) is 12.5. The molecule has 0 spiro atoms. The van der Waals surface area contributed by atoms with Gasteiger partial charge in [-0.25, -0.2) is 22.8 Å². The fraction of sp³-hybridized carbons (Fsp3) is 0.333. The van der Waals surface area contributed by atoms with Crippen LogP contribution in [0.25, 0.3) is 21.3 Å². The third-order valence-electron chi connectivity index (χ3n) is 7.12. The van der Waals surface area contributed by atoms with E-state index in [9.17, 15) is 8.42 Å². The Balaban J connectivity index is 1.25. The Bertz CT molecular complexity index is 1630. The summed E-state index contributed by atoms with van der Waals surface area (Å²) in [5.41, 5.74) is 4.13. The van der Waals surface area contributed by atoms with Gasteiger partial charge in [0.2, 0.25) is 16.0 Å². The predicted octanol–water partition coefficient (Wildman–Crippen LogP) is 5.33. The van der Waals surface area contributed by atoms with E-state index in [1.165, 1.54) is 17.4 Å². The second-order valence-corrected chi connectivity index (χ2v) is 14.1. The van der Waals surface area contributed by atoms with E-state index in [1.807, 2.05) is 29.6 Å². The van der Waals surface area contributed by atoms with E-state index in [0.29, 0.717) is 35.1 Å². The molecule has 2 unspecified atom stereocenters. The molecule has 0 aliphatic carbocycles. The van der Waals surface area contributed by atoms with Gasteiger partial charge >= 0.3 is 0 Å². The summed E-state index contributed by atoms with van der Waals surface area (Å²) >= 11 is 1.51. The lowest BCUT2D eigenvalue weighted by Gasteiger charge is -2.30. The SMILES string of the molecule is CC(C)(C)S(=O)(=O)Nc1cccc(-c2csc3cnc(Nc4ccc(N5CC6CC5CN6)c(F)c4)nc23)c1. The zero-order valence-electron chi connectivity index (χ0n) is 21.3. The van der Waals surface area contributed by atoms with E-state index in [4.69, 9.17) is 4.98 Å². The molecule has 2 aliphatic heterocycles. The van der Waals surface area contributed by atoms with Gasteiger partial charge in [0, 0.05) is 47.5 Å². The Labute approximate surface area is 225 Å². The van der Waals surface area contributed by atoms with Crippen molar-refractivity contribution in [2.75, 3.05) is 28.0 Å². The highest BCUT2D eigenvalue weighted by molar-refractivity contribution is 7.94. The number of piperazine rings is 1. The van der Waals surface area contributed by atoms with Crippen LogP contribution in [0.3, 0.4) is 0 Å². The molecular weight excluding hydrogens is 523 g/mol. The minimum absolute atomic E-state index is 0.269. The summed E-state index contributed by atoms with van der Waals surface area (Å²) in [5.74, 6) is 0.0905. The van der Waals surface area contributed by atoms with Crippen molar-refractivity contribution in [2.24, 2.45) is 0 Å². The van der Waals surface area contributed by atoms with Crippen LogP contribution in [0.5, 0.6) is 0 Å². The summed E-state index contributed by atoms with van der Waals surface area (Å²) in [5, 5.41) is 8.56. The molecule has 3 N–H and O–H groups in total. The molecule has 4 aromatic rings. The minimum atomic E-state index is -3.55. The monoisotopic (exact) mass is 552 g/mol. The molecule has 0 saturated carbocycles. The molecule has 2 aliphatic rings. The number of sulfonamides is 1. The van der Waals surface area contributed by atoms with Crippen molar-refractivity contribution in [3.63, 3.8) is 0 Å². The Kier molecular flexibility index (Phi) is 6.04. The first-order valence-corrected chi connectivity index (χ1v) is 14.9. The second kappa shape index (κ2) is 9.18. The van der Waals surface area contributed by atoms with Gasteiger partial charge < -0.3 is 15.5 Å². The maximum atomic E-state index is 15.1. The van der Waals surface area contributed by atoms with Crippen LogP contribution >= 0.6 is 11.3 Å². The quantitative estimate of drug-likeness (QED) is 0.297. The van der Waals surface area contributed by atoms with Crippen molar-refractivity contribution in [3.05, 3.63) is 59.9 Å². The summed E-state index contributed by atoms with van der Waals surface area (Å²) in [6.07, 6.45) is 2.80. The first-order chi connectivity index (χ1) is 18.1. The molecule has 2 saturated heterocycles. The molecule has 2 aromatic carbocycles. The molecular formula is C27H29FN6O2S2. The fourth-order valence-electron chi connectivity index (χ4n) is 4.95. The summed E-state index contributed by atoms with van der Waals surface area (Å²) in [4.78, 5) is 11.3. The van der Waals surface area contributed by atoms with Gasteiger partial charge in [-0.05, 0) is 63.1 Å². The number of nitrogens with zero attached hydrogens (tertiary/aromatic N) is 3. The highest BCUT2D eigenvalue weighted by Crippen LogP contribution is 2.36. The Hall–Kier alpha value is -3.28. The zero-order chi connectivity index (χ0) is 26.7. The van der Waals surface area contributed by atoms with Crippen LogP contribution in [0.1, 0.15) is 27.2 Å². The first kappa shape index (κ1) is 25.0. The molecule has 2 atom stereocenters. The maximum Gasteiger partial charge on any atom is 0.237 e. The minimum Gasteiger partial charge on any atom is -0.363 e. The number of nitrogens with one attached hydrogen (secondary N) is 3. The highest BCUT2D eigenvalue weighted by atomic mass is 32.2. The molecule has 11 heteroatoms. The largest absolute Gasteiger partial charge is 0.363 e. The molecule has 8 nitrogen and oxygen atoms in total. The van der Waals surface area contributed by atoms with Crippen LogP contribution < -0.4 is 20.3 Å². The maximum absolute atomic E-state index is 15.1. The van der Waals surface area contributed by atoms with Crippen molar-refractivity contribution in [1.82, 2.24) is 15.3 Å². The van der Waals surface area contributed by atoms with Crippen LogP contribution in [0.15, 0.2) is 54.0 Å². The zero-order valence-corrected chi connectivity index (χ0v) is 23.0. The van der Waals surface area contributed by atoms with E-state index in [1.54, 1.807) is 39.1 Å². The molecule has 0 amide bonds. The molecule has 2 bridgehead atoms. The fourth-order valence-corrected chi connectivity index (χ4v) is 6.57. The van der Waals surface area contributed by atoms with E-state index in [2.05, 4.69) is 25.2 Å². The van der Waals surface area contributed by atoms with Gasteiger partial charge in [0.05, 0.1) is 26.8 Å². The average molecular weight is 553 g/mol. The van der Waals surface area contributed by atoms with Crippen molar-refractivity contribution >= 4 is 54.6 Å². The number of rotatable bonds is 6. The van der Waals surface area contributed by atoms with E-state index < -0.39 is 14.8 Å². The van der Waals surface area contributed by atoms with Crippen molar-refractivity contribution < 1.29 is 12.8 Å². The molecule has 0 radical (unpaired) electrons. The van der Waals surface area contributed by atoms with E-state index in [-0.39, 0.29) is 5.82 Å². The average Bonchev–Trinajstić information content (AvgIpc) is 3.59. The summed E-state index contributed by atoms with van der Waals surface area (Å²) in [6.45, 7) is 6.69. The van der Waals surface area contributed by atoms with Crippen molar-refractivity contribution in [2.45, 2.75) is 44.0 Å². The highest BCUT2D eigenvalue weighted by Gasteiger charge is 2.38. The molecule has 2 fully saturated rings. The van der Waals surface area contributed by atoms with E-state index >= 15 is 4.39 Å². The van der Waals surface area contributed by atoms with Gasteiger partial charge in [-0.15, -0.1) is 11.3 Å². The van der Waals surface area contributed by atoms with Crippen LogP contribution in [0, 0.1) is 5.82 Å². The second-order valence-electron chi connectivity index (χ2n) is 10.8. The van der Waals surface area contributed by atoms with Crippen LogP contribution in [0.2, 0.25) is 0 Å². The smallest absolute Gasteiger partial charge is 0.237 e. The molecule has 6 rings (SSSR count). The number of aromatic nitrogens is 2. The summed E-state index contributed by atoms with van der Waals surface area (Å²) in [7, 11) is -3.55. The molecule has 4 heterocycles. The Morgan fingerprint density at radius 2 is 2.00 bits per heavy atom. The number of halogens is 1. The van der Waals surface area contributed by atoms with Gasteiger partial charge in [0.15, 0.2) is 0 Å². The van der Waals surface area contributed by atoms with Crippen molar-refractivity contribution in [1.29, 1.82) is 0 Å². The van der Waals surface area contributed by atoms with Gasteiger partial charge in [-0.1, -0.05) is 12.1 Å². The number of benzene rings is 2. The number of hydrogen-bond donors (Lipinski definition) is 3. The molecule has 2 aromatic heterocycles. The van der Waals surface area contributed by atoms with Gasteiger partial charge in [0.1, 0.15) is 5.82 Å². The summed E-state index contributed by atoms with van der Waals surface area (Å²) in [6, 6.07) is 13.2. The molecule has 198 valence electrons. The van der Waals surface area contributed by atoms with Gasteiger partial charge in [-0.2, -0.15) is 0 Å². The predicted molar refractivity (Wildman–Crippen MR) is 152 cm³/mol. The topological polar surface area (TPSA) is 99.2 Å². The van der Waals surface area contributed by atoms with Gasteiger partial charge in [-0.3, -0.25) is 4.72 Å². The lowest BCUT2D eigenvalue weighted by molar-refractivity contribution is 0.561. The number of anilines is 4. The van der Waals surface area contributed by atoms with E-state index in [0.717, 1.165) is 40.9 Å². The summed E-state index contributed by atoms with van der Waals surface area (Å²) < 4.78 is 43.0. The standard InChI is InChI=1S/C27H29FN6O2S2/c1-27(2,3)38(35,36)33-18-6-4-5-16(9-18)21-15-37-24-13-30-26(32-25(21)24)31-17-7-8-23(22(28)11-17)34-14-19-10-20(34)12-29-19/h4-9,11,13,15,19-20,29,33H,10,12,14H2,1-3H3,(H,30,31,32). The number of hydrogen-bond acceptors (Lipinski definition) is 8. The molecule has 38 heavy (non-hydrogen) atoms. The Morgan fingerprint density at radius 1 is 1.16 bits per heavy atom. The van der Waals surface area contributed by atoms with Crippen LogP contribution in [0.4, 0.5) is 27.4 Å². The number of thiophene rings is 1. The Morgan fingerprint density at radius 3 is 2.71 bits per heavy atom. The lowest BCUT2D eigenvalue weighted by Crippen LogP contribution is -2.43. The van der Waals surface area contributed by atoms with Crippen LogP contribution in [-0.2, 0) is 10.0 Å². The third-order valence-corrected chi connectivity index (χ3v) is 10.1. The van der Waals surface area contributed by atoms with Crippen LogP contribution in [-0.4, -0.2) is 48.3 Å². The third kappa shape index (κ3) is 4.59. The normalized spacial score (nSPS) is 19.3. The van der Waals surface area contributed by atoms with Crippen molar-refractivity contribution in [3.8, 4) is 11.1 Å². The lowest BCUT2D eigenvalue weighted by atomic mass is 10.1. The van der Waals surface area contributed by atoms with Gasteiger partial charge in [0.25, 0.3) is 0 Å². The number of fused-ring (bicyclic) bond motifs is 3.